The minimum absolute atomic E-state index is 0.00929. The fourth-order valence-corrected chi connectivity index (χ4v) is 1.84. The van der Waals surface area contributed by atoms with E-state index in [1.807, 2.05) is 0 Å². The van der Waals surface area contributed by atoms with Gasteiger partial charge in [0, 0.05) is 11.4 Å². The molecular weight excluding hydrogens is 252 g/mol. The molecule has 2 rings (SSSR count). The van der Waals surface area contributed by atoms with Crippen LogP contribution >= 0.6 is 23.2 Å². The molecule has 16 heavy (non-hydrogen) atoms. The van der Waals surface area contributed by atoms with Gasteiger partial charge in [0.2, 0.25) is 0 Å². The van der Waals surface area contributed by atoms with Gasteiger partial charge >= 0.3 is 0 Å². The van der Waals surface area contributed by atoms with E-state index in [-0.39, 0.29) is 22.0 Å². The highest BCUT2D eigenvalue weighted by atomic mass is 35.5. The van der Waals surface area contributed by atoms with E-state index in [2.05, 4.69) is 5.32 Å². The number of amides is 1. The molecule has 1 aliphatic rings. The molecule has 0 unspecified atom stereocenters. The van der Waals surface area contributed by atoms with Gasteiger partial charge in [0.1, 0.15) is 5.82 Å². The highest BCUT2D eigenvalue weighted by molar-refractivity contribution is 6.30. The minimum Gasteiger partial charge on any atom is -0.345 e. The lowest BCUT2D eigenvalue weighted by molar-refractivity contribution is 0.0935. The molecule has 1 amide bonds. The van der Waals surface area contributed by atoms with E-state index in [1.54, 1.807) is 0 Å². The van der Waals surface area contributed by atoms with Gasteiger partial charge in [0.25, 0.3) is 5.91 Å². The first-order valence-corrected chi connectivity index (χ1v) is 5.81. The molecule has 1 aliphatic carbocycles. The third-order valence-corrected chi connectivity index (χ3v) is 3.49. The van der Waals surface area contributed by atoms with Crippen LogP contribution in [0.5, 0.6) is 0 Å². The van der Waals surface area contributed by atoms with Crippen molar-refractivity contribution < 1.29 is 9.18 Å². The molecule has 1 fully saturated rings. The van der Waals surface area contributed by atoms with Crippen molar-refractivity contribution >= 4 is 29.1 Å². The quantitative estimate of drug-likeness (QED) is 0.833. The maximum absolute atomic E-state index is 13.1. The van der Waals surface area contributed by atoms with Gasteiger partial charge < -0.3 is 5.32 Å². The van der Waals surface area contributed by atoms with Crippen molar-refractivity contribution in [2.75, 3.05) is 5.88 Å². The van der Waals surface area contributed by atoms with Crippen molar-refractivity contribution in [3.63, 3.8) is 0 Å². The van der Waals surface area contributed by atoms with Crippen molar-refractivity contribution in [3.05, 3.63) is 34.6 Å². The number of nitrogens with one attached hydrogen (secondary N) is 1. The molecule has 0 aromatic heterocycles. The van der Waals surface area contributed by atoms with Gasteiger partial charge in [-0.1, -0.05) is 11.6 Å². The molecule has 1 N–H and O–H groups in total. The van der Waals surface area contributed by atoms with Crippen molar-refractivity contribution in [2.45, 2.75) is 18.4 Å². The second-order valence-corrected chi connectivity index (χ2v) is 4.67. The van der Waals surface area contributed by atoms with Gasteiger partial charge in [-0.2, -0.15) is 0 Å². The fourth-order valence-electron chi connectivity index (χ4n) is 1.39. The Bertz CT molecular complexity index is 432. The Hall–Kier alpha value is -0.800. The summed E-state index contributed by atoms with van der Waals surface area (Å²) >= 11 is 11.3. The van der Waals surface area contributed by atoms with E-state index in [4.69, 9.17) is 23.2 Å². The summed E-state index contributed by atoms with van der Waals surface area (Å²) in [4.78, 5) is 11.7. The lowest BCUT2D eigenvalue weighted by Gasteiger charge is -2.13. The molecule has 0 saturated heterocycles. The molecule has 1 aromatic rings. The van der Waals surface area contributed by atoms with Crippen molar-refractivity contribution in [1.29, 1.82) is 0 Å². The van der Waals surface area contributed by atoms with Crippen LogP contribution in [-0.4, -0.2) is 17.3 Å². The monoisotopic (exact) mass is 261 g/mol. The summed E-state index contributed by atoms with van der Waals surface area (Å²) in [6, 6.07) is 3.99. The Morgan fingerprint density at radius 1 is 1.50 bits per heavy atom. The van der Waals surface area contributed by atoms with E-state index >= 15 is 0 Å². The number of hydrogen-bond donors (Lipinski definition) is 1. The minimum atomic E-state index is -0.593. The summed E-state index contributed by atoms with van der Waals surface area (Å²) in [5.74, 6) is -0.520. The Balaban J connectivity index is 2.12. The van der Waals surface area contributed by atoms with Crippen LogP contribution in [0.1, 0.15) is 23.2 Å². The lowest BCUT2D eigenvalue weighted by atomic mass is 10.2. The number of halogens is 3. The topological polar surface area (TPSA) is 29.1 Å². The summed E-state index contributed by atoms with van der Waals surface area (Å²) in [7, 11) is 0. The summed E-state index contributed by atoms with van der Waals surface area (Å²) in [6.45, 7) is 0. The number of rotatable bonds is 3. The van der Waals surface area contributed by atoms with Gasteiger partial charge in [-0.25, -0.2) is 4.39 Å². The van der Waals surface area contributed by atoms with Crippen LogP contribution in [0.15, 0.2) is 18.2 Å². The average molecular weight is 262 g/mol. The number of carbonyl (C=O) groups excluding carboxylic acids is 1. The Kier molecular flexibility index (Phi) is 3.08. The molecule has 0 radical (unpaired) electrons. The van der Waals surface area contributed by atoms with Crippen LogP contribution in [-0.2, 0) is 0 Å². The zero-order valence-corrected chi connectivity index (χ0v) is 9.91. The van der Waals surface area contributed by atoms with Crippen molar-refractivity contribution in [3.8, 4) is 0 Å². The predicted octanol–water partition coefficient (Wildman–Crippen LogP) is 2.98. The largest absolute Gasteiger partial charge is 0.345 e. The highest BCUT2D eigenvalue weighted by Crippen LogP contribution is 2.36. The Labute approximate surface area is 103 Å². The lowest BCUT2D eigenvalue weighted by Crippen LogP contribution is -2.38. The van der Waals surface area contributed by atoms with Gasteiger partial charge in [0.15, 0.2) is 0 Å². The van der Waals surface area contributed by atoms with Crippen LogP contribution in [0, 0.1) is 5.82 Å². The molecule has 0 spiro atoms. The van der Waals surface area contributed by atoms with Crippen molar-refractivity contribution in [2.24, 2.45) is 0 Å². The van der Waals surface area contributed by atoms with Crippen LogP contribution in [0.3, 0.4) is 0 Å². The molecule has 1 aromatic carbocycles. The first-order valence-electron chi connectivity index (χ1n) is 4.90. The summed E-state index contributed by atoms with van der Waals surface area (Å²) in [6.07, 6.45) is 1.75. The number of carbonyl (C=O) groups is 1. The second kappa shape index (κ2) is 4.22. The summed E-state index contributed by atoms with van der Waals surface area (Å²) < 4.78 is 13.1. The van der Waals surface area contributed by atoms with Crippen LogP contribution in [0.25, 0.3) is 0 Å². The third-order valence-electron chi connectivity index (χ3n) is 2.67. The van der Waals surface area contributed by atoms with Crippen LogP contribution in [0.4, 0.5) is 4.39 Å². The molecule has 0 bridgehead atoms. The molecule has 0 atom stereocenters. The maximum atomic E-state index is 13.1. The van der Waals surface area contributed by atoms with Gasteiger partial charge in [0.05, 0.1) is 10.6 Å². The van der Waals surface area contributed by atoms with Gasteiger partial charge in [-0.05, 0) is 31.0 Å². The average Bonchev–Trinajstić information content (AvgIpc) is 3.02. The summed E-state index contributed by atoms with van der Waals surface area (Å²) in [5, 5.41) is 2.81. The van der Waals surface area contributed by atoms with Crippen LogP contribution in [0.2, 0.25) is 5.02 Å². The molecule has 5 heteroatoms. The first-order chi connectivity index (χ1) is 7.56. The number of alkyl halides is 1. The summed E-state index contributed by atoms with van der Waals surface area (Å²) in [5.41, 5.74) is -0.0207. The molecule has 86 valence electrons. The first kappa shape index (κ1) is 11.7. The maximum Gasteiger partial charge on any atom is 0.251 e. The second-order valence-electron chi connectivity index (χ2n) is 4.00. The zero-order valence-electron chi connectivity index (χ0n) is 8.40. The Morgan fingerprint density at radius 3 is 2.69 bits per heavy atom. The fraction of sp³-hybridized carbons (Fsp3) is 0.364. The smallest absolute Gasteiger partial charge is 0.251 e. The van der Waals surface area contributed by atoms with Gasteiger partial charge in [-0.3, -0.25) is 4.79 Å². The van der Waals surface area contributed by atoms with Crippen LogP contribution < -0.4 is 5.32 Å². The van der Waals surface area contributed by atoms with E-state index in [1.165, 1.54) is 12.1 Å². The standard InChI is InChI=1S/C11H10Cl2FNO/c12-6-11(3-4-11)15-10(16)7-1-2-8(13)9(14)5-7/h1-2,5H,3-4,6H2,(H,15,16). The molecule has 1 saturated carbocycles. The number of hydrogen-bond acceptors (Lipinski definition) is 1. The van der Waals surface area contributed by atoms with E-state index in [9.17, 15) is 9.18 Å². The zero-order chi connectivity index (χ0) is 11.8. The van der Waals surface area contributed by atoms with Crippen molar-refractivity contribution in [1.82, 2.24) is 5.32 Å². The van der Waals surface area contributed by atoms with E-state index < -0.39 is 5.82 Å². The number of benzene rings is 1. The molecule has 2 nitrogen and oxygen atoms in total. The Morgan fingerprint density at radius 2 is 2.19 bits per heavy atom. The molecule has 0 aliphatic heterocycles. The highest BCUT2D eigenvalue weighted by Gasteiger charge is 2.43. The normalized spacial score (nSPS) is 16.9. The molecular formula is C11H10Cl2FNO. The van der Waals surface area contributed by atoms with E-state index in [0.717, 1.165) is 18.9 Å². The third kappa shape index (κ3) is 2.30. The molecule has 0 heterocycles. The van der Waals surface area contributed by atoms with Gasteiger partial charge in [-0.15, -0.1) is 11.6 Å². The predicted molar refractivity (Wildman–Crippen MR) is 61.6 cm³/mol. The van der Waals surface area contributed by atoms with E-state index in [0.29, 0.717) is 5.88 Å². The SMILES string of the molecule is O=C(NC1(CCl)CC1)c1ccc(Cl)c(F)c1.